The summed E-state index contributed by atoms with van der Waals surface area (Å²) < 4.78 is 5.36. The summed E-state index contributed by atoms with van der Waals surface area (Å²) >= 11 is 0. The first-order chi connectivity index (χ1) is 8.31. The molecule has 0 radical (unpaired) electrons. The maximum absolute atomic E-state index is 5.36. The summed E-state index contributed by atoms with van der Waals surface area (Å²) in [6, 6.07) is 12.4. The van der Waals surface area contributed by atoms with Gasteiger partial charge in [0.05, 0.1) is 7.11 Å². The molecule has 2 N–H and O–H groups in total. The lowest BCUT2D eigenvalue weighted by atomic mass is 10.1. The van der Waals surface area contributed by atoms with E-state index in [1.54, 1.807) is 7.11 Å². The molecular weight excluding hydrogens is 212 g/mol. The van der Waals surface area contributed by atoms with Crippen LogP contribution >= 0.6 is 0 Å². The zero-order chi connectivity index (χ0) is 12.1. The van der Waals surface area contributed by atoms with Crippen LogP contribution in [0.1, 0.15) is 24.2 Å². The van der Waals surface area contributed by atoms with E-state index in [4.69, 9.17) is 4.74 Å². The fourth-order valence-electron chi connectivity index (χ4n) is 1.87. The minimum atomic E-state index is 0.259. The third-order valence-corrected chi connectivity index (χ3v) is 2.87. The van der Waals surface area contributed by atoms with Gasteiger partial charge in [-0.15, -0.1) is 0 Å². The molecule has 0 aliphatic carbocycles. The molecule has 0 spiro atoms. The highest BCUT2D eigenvalue weighted by molar-refractivity contribution is 5.35. The van der Waals surface area contributed by atoms with Crippen molar-refractivity contribution in [1.82, 2.24) is 10.3 Å². The molecule has 0 amide bonds. The molecule has 2 rings (SSSR count). The molecule has 0 fully saturated rings. The van der Waals surface area contributed by atoms with Gasteiger partial charge in [0.1, 0.15) is 5.75 Å². The van der Waals surface area contributed by atoms with Crippen molar-refractivity contribution in [3.05, 3.63) is 53.9 Å². The smallest absolute Gasteiger partial charge is 0.123 e. The first kappa shape index (κ1) is 11.7. The van der Waals surface area contributed by atoms with Crippen LogP contribution in [-0.2, 0) is 6.54 Å². The first-order valence-electron chi connectivity index (χ1n) is 5.80. The van der Waals surface area contributed by atoms with Crippen LogP contribution in [0.25, 0.3) is 0 Å². The third kappa shape index (κ3) is 2.88. The van der Waals surface area contributed by atoms with Crippen molar-refractivity contribution >= 4 is 0 Å². The second-order valence-electron chi connectivity index (χ2n) is 4.04. The van der Waals surface area contributed by atoms with Crippen molar-refractivity contribution in [3.8, 4) is 5.75 Å². The van der Waals surface area contributed by atoms with Crippen LogP contribution in [0, 0.1) is 0 Å². The van der Waals surface area contributed by atoms with Gasteiger partial charge < -0.3 is 15.0 Å². The number of nitrogens with one attached hydrogen (secondary N) is 2. The number of hydrogen-bond donors (Lipinski definition) is 2. The Morgan fingerprint density at radius 1 is 1.24 bits per heavy atom. The zero-order valence-electron chi connectivity index (χ0n) is 10.2. The summed E-state index contributed by atoms with van der Waals surface area (Å²) in [6.07, 6.45) is 1.94. The Morgan fingerprint density at radius 3 is 2.76 bits per heavy atom. The van der Waals surface area contributed by atoms with Crippen molar-refractivity contribution in [2.24, 2.45) is 0 Å². The highest BCUT2D eigenvalue weighted by Gasteiger charge is 2.09. The summed E-state index contributed by atoms with van der Waals surface area (Å²) in [6.45, 7) is 2.97. The van der Waals surface area contributed by atoms with Gasteiger partial charge in [0.2, 0.25) is 0 Å². The van der Waals surface area contributed by atoms with Gasteiger partial charge in [-0.2, -0.15) is 0 Å². The Kier molecular flexibility index (Phi) is 3.83. The van der Waals surface area contributed by atoms with Crippen molar-refractivity contribution in [1.29, 1.82) is 0 Å². The Balaban J connectivity index is 2.01. The summed E-state index contributed by atoms with van der Waals surface area (Å²) in [5, 5.41) is 3.46. The Labute approximate surface area is 102 Å². The van der Waals surface area contributed by atoms with Crippen molar-refractivity contribution < 1.29 is 4.74 Å². The highest BCUT2D eigenvalue weighted by atomic mass is 16.5. The SMILES string of the molecule is COc1ccccc1[C@@H](C)NCc1ccc[nH]1. The second-order valence-corrected chi connectivity index (χ2v) is 4.04. The summed E-state index contributed by atoms with van der Waals surface area (Å²) in [5.74, 6) is 0.930. The van der Waals surface area contributed by atoms with Crippen LogP contribution in [0.5, 0.6) is 5.75 Å². The van der Waals surface area contributed by atoms with Crippen LogP contribution in [0.15, 0.2) is 42.6 Å². The monoisotopic (exact) mass is 230 g/mol. The minimum absolute atomic E-state index is 0.259. The van der Waals surface area contributed by atoms with Gasteiger partial charge in [-0.1, -0.05) is 18.2 Å². The van der Waals surface area contributed by atoms with Crippen LogP contribution in [0.4, 0.5) is 0 Å². The lowest BCUT2D eigenvalue weighted by Crippen LogP contribution is -2.18. The van der Waals surface area contributed by atoms with E-state index in [2.05, 4.69) is 29.4 Å². The largest absolute Gasteiger partial charge is 0.496 e. The molecule has 3 heteroatoms. The van der Waals surface area contributed by atoms with E-state index < -0.39 is 0 Å². The number of hydrogen-bond acceptors (Lipinski definition) is 2. The van der Waals surface area contributed by atoms with E-state index in [-0.39, 0.29) is 6.04 Å². The normalized spacial score (nSPS) is 12.4. The van der Waals surface area contributed by atoms with Crippen LogP contribution in [0.2, 0.25) is 0 Å². The molecule has 1 atom stereocenters. The molecule has 0 aliphatic rings. The standard InChI is InChI=1S/C14H18N2O/c1-11(16-10-12-6-5-9-15-12)13-7-3-4-8-14(13)17-2/h3-9,11,15-16H,10H2,1-2H3/t11-/m1/s1. The molecule has 1 aromatic carbocycles. The number of rotatable bonds is 5. The number of aromatic nitrogens is 1. The van der Waals surface area contributed by atoms with Crippen LogP contribution < -0.4 is 10.1 Å². The lowest BCUT2D eigenvalue weighted by Gasteiger charge is -2.16. The number of ether oxygens (including phenoxy) is 1. The number of benzene rings is 1. The fourth-order valence-corrected chi connectivity index (χ4v) is 1.87. The predicted molar refractivity (Wildman–Crippen MR) is 69.0 cm³/mol. The van der Waals surface area contributed by atoms with Crippen molar-refractivity contribution in [2.75, 3.05) is 7.11 Å². The molecule has 0 saturated carbocycles. The van der Waals surface area contributed by atoms with Crippen LogP contribution in [0.3, 0.4) is 0 Å². The summed E-state index contributed by atoms with van der Waals surface area (Å²) in [4.78, 5) is 3.18. The van der Waals surface area contributed by atoms with Gasteiger partial charge in [0, 0.05) is 30.0 Å². The molecule has 1 heterocycles. The maximum Gasteiger partial charge on any atom is 0.123 e. The molecule has 0 unspecified atom stereocenters. The molecule has 3 nitrogen and oxygen atoms in total. The van der Waals surface area contributed by atoms with E-state index in [9.17, 15) is 0 Å². The van der Waals surface area contributed by atoms with Gasteiger partial charge in [-0.25, -0.2) is 0 Å². The number of aromatic amines is 1. The zero-order valence-corrected chi connectivity index (χ0v) is 10.2. The second kappa shape index (κ2) is 5.55. The molecule has 2 aromatic rings. The molecule has 0 saturated heterocycles. The Bertz CT molecular complexity index is 451. The number of H-pyrrole nitrogens is 1. The van der Waals surface area contributed by atoms with E-state index in [0.29, 0.717) is 0 Å². The van der Waals surface area contributed by atoms with E-state index in [1.807, 2.05) is 30.5 Å². The average Bonchev–Trinajstić information content (AvgIpc) is 2.89. The van der Waals surface area contributed by atoms with Crippen molar-refractivity contribution in [2.45, 2.75) is 19.5 Å². The predicted octanol–water partition coefficient (Wildman–Crippen LogP) is 2.87. The molecule has 1 aromatic heterocycles. The number of methoxy groups -OCH3 is 1. The van der Waals surface area contributed by atoms with Gasteiger partial charge in [0.25, 0.3) is 0 Å². The van der Waals surface area contributed by atoms with Crippen molar-refractivity contribution in [3.63, 3.8) is 0 Å². The molecule has 0 aliphatic heterocycles. The van der Waals surface area contributed by atoms with E-state index in [0.717, 1.165) is 12.3 Å². The summed E-state index contributed by atoms with van der Waals surface area (Å²) in [7, 11) is 1.70. The van der Waals surface area contributed by atoms with Gasteiger partial charge in [-0.05, 0) is 25.1 Å². The molecule has 17 heavy (non-hydrogen) atoms. The van der Waals surface area contributed by atoms with Gasteiger partial charge in [0.15, 0.2) is 0 Å². The lowest BCUT2D eigenvalue weighted by molar-refractivity contribution is 0.401. The van der Waals surface area contributed by atoms with Crippen LogP contribution in [-0.4, -0.2) is 12.1 Å². The number of para-hydroxylation sites is 1. The van der Waals surface area contributed by atoms with E-state index in [1.165, 1.54) is 11.3 Å². The quantitative estimate of drug-likeness (QED) is 0.828. The third-order valence-electron chi connectivity index (χ3n) is 2.87. The van der Waals surface area contributed by atoms with Gasteiger partial charge in [-0.3, -0.25) is 0 Å². The topological polar surface area (TPSA) is 37.0 Å². The molecule has 90 valence electrons. The maximum atomic E-state index is 5.36. The Morgan fingerprint density at radius 2 is 2.06 bits per heavy atom. The molecule has 0 bridgehead atoms. The average molecular weight is 230 g/mol. The van der Waals surface area contributed by atoms with Gasteiger partial charge >= 0.3 is 0 Å². The fraction of sp³-hybridized carbons (Fsp3) is 0.286. The summed E-state index contributed by atoms with van der Waals surface area (Å²) in [5.41, 5.74) is 2.37. The highest BCUT2D eigenvalue weighted by Crippen LogP contribution is 2.24. The molecular formula is C14H18N2O. The van der Waals surface area contributed by atoms with E-state index >= 15 is 0 Å². The Hall–Kier alpha value is -1.74. The first-order valence-corrected chi connectivity index (χ1v) is 5.80. The minimum Gasteiger partial charge on any atom is -0.496 e.